The molecule has 0 aromatic carbocycles. The first kappa shape index (κ1) is 79.0. The molecule has 0 aliphatic rings. The molecule has 0 rings (SSSR count). The lowest BCUT2D eigenvalue weighted by Crippen LogP contribution is -2.09. The minimum absolute atomic E-state index is 0. The average molecular weight is 921 g/mol. The fourth-order valence-electron chi connectivity index (χ4n) is 2.52. The summed E-state index contributed by atoms with van der Waals surface area (Å²) < 4.78 is 13.2. The molecule has 0 aliphatic carbocycles. The van der Waals surface area contributed by atoms with Crippen molar-refractivity contribution in [1.29, 1.82) is 0 Å². The molecule has 0 saturated heterocycles. The summed E-state index contributed by atoms with van der Waals surface area (Å²) >= 11 is 0. The zero-order valence-corrected chi connectivity index (χ0v) is 40.3. The Morgan fingerprint density at radius 3 is 0.891 bits per heavy atom. The third kappa shape index (κ3) is 112. The number of esters is 2. The van der Waals surface area contributed by atoms with Crippen LogP contribution in [0.2, 0.25) is 0 Å². The monoisotopic (exact) mass is 921 g/mol. The molecule has 0 saturated carbocycles. The van der Waals surface area contributed by atoms with Crippen molar-refractivity contribution in [2.45, 2.75) is 180 Å². The maximum atomic E-state index is 10.6. The smallest absolute Gasteiger partial charge is 0.305 e. The van der Waals surface area contributed by atoms with Gasteiger partial charge in [0.05, 0.1) is 20.0 Å². The van der Waals surface area contributed by atoms with Crippen LogP contribution in [0.25, 0.3) is 0 Å². The number of methoxy groups -OCH3 is 2. The van der Waals surface area contributed by atoms with E-state index in [1.807, 2.05) is 13.8 Å². The number of rotatable bonds is 24. The van der Waals surface area contributed by atoms with E-state index in [0.717, 1.165) is 0 Å². The van der Waals surface area contributed by atoms with E-state index in [0.29, 0.717) is 83.2 Å². The molecule has 0 unspecified atom stereocenters. The second-order valence-electron chi connectivity index (χ2n) is 12.9. The Kier molecular flexibility index (Phi) is 76.5. The van der Waals surface area contributed by atoms with E-state index in [-0.39, 0.29) is 115 Å². The number of Topliss-reactive ketones (excluding diaryl/α,β-unsaturated/α-hetero) is 11. The van der Waals surface area contributed by atoms with E-state index in [2.05, 4.69) is 14.2 Å². The van der Waals surface area contributed by atoms with Gasteiger partial charge in [0.1, 0.15) is 65.8 Å². The summed E-state index contributed by atoms with van der Waals surface area (Å²) in [6.07, 6.45) is 6.21. The first-order chi connectivity index (χ1) is 29.2. The molecular weight excluding hydrogens is 840 g/mol. The Labute approximate surface area is 381 Å². The van der Waals surface area contributed by atoms with Crippen molar-refractivity contribution in [2.24, 2.45) is 0 Å². The average Bonchev–Trinajstić information content (AvgIpc) is 3.23. The fraction of sp³-hybridized carbons (Fsp3) is 0.674. The standard InChI is InChI=1S/2C7H12O2.2C6H10O3.C6H10O2.C5H8O2.C4H8O2.C4H6O2.CH4/c2*1-3-7(9)5-4-6(2)8;1-5(7)3-4-6(8)9-2;1-3-6(8)9-4-5(2)7;1-5(7)3-4-6(2)8;1-2-5(7)3-4-6;1-4(5)3-6-2;1-2-4(6)3-5;/h2*3-5H2,1-2H3;2*3-4H2,1-2H3;3-4H2,1-2H3;4H,2-3H2,1H3;3H2,1-2H3;3H,2H2,1H3;1H4. The summed E-state index contributed by atoms with van der Waals surface area (Å²) in [6, 6.07) is 0. The van der Waals surface area contributed by atoms with Gasteiger partial charge in [0.2, 0.25) is 0 Å². The van der Waals surface area contributed by atoms with Crippen LogP contribution in [0.5, 0.6) is 0 Å². The van der Waals surface area contributed by atoms with Crippen LogP contribution in [-0.4, -0.2) is 116 Å². The van der Waals surface area contributed by atoms with Crippen molar-refractivity contribution in [3.63, 3.8) is 0 Å². The van der Waals surface area contributed by atoms with Crippen LogP contribution in [0, 0.1) is 0 Å². The predicted octanol–water partition coefficient (Wildman–Crippen LogP) is 6.25. The van der Waals surface area contributed by atoms with Crippen molar-refractivity contribution in [3.05, 3.63) is 0 Å². The van der Waals surface area contributed by atoms with Crippen LogP contribution in [0.3, 0.4) is 0 Å². The minimum atomic E-state index is -0.338. The molecule has 0 amide bonds. The van der Waals surface area contributed by atoms with E-state index in [9.17, 15) is 71.9 Å². The lowest BCUT2D eigenvalue weighted by atomic mass is 10.1. The Bertz CT molecular complexity index is 1240. The lowest BCUT2D eigenvalue weighted by Gasteiger charge is -1.96. The molecule has 0 aliphatic heterocycles. The molecule has 0 radical (unpaired) electrons. The highest BCUT2D eigenvalue weighted by Crippen LogP contribution is 1.95. The fourth-order valence-corrected chi connectivity index (χ4v) is 2.52. The molecule has 0 atom stereocenters. The molecule has 0 heterocycles. The Hall–Kier alpha value is -5.39. The van der Waals surface area contributed by atoms with E-state index in [1.54, 1.807) is 20.8 Å². The molecule has 372 valence electrons. The second-order valence-corrected chi connectivity index (χ2v) is 12.9. The molecule has 64 heavy (non-hydrogen) atoms. The molecule has 18 heteroatoms. The third-order valence-corrected chi connectivity index (χ3v) is 6.30. The molecule has 0 N–H and O–H groups in total. The van der Waals surface area contributed by atoms with Crippen LogP contribution >= 0.6 is 0 Å². The van der Waals surface area contributed by atoms with Gasteiger partial charge in [0, 0.05) is 84.2 Å². The molecular formula is C46H80O18. The maximum absolute atomic E-state index is 10.6. The van der Waals surface area contributed by atoms with Gasteiger partial charge < -0.3 is 43.0 Å². The van der Waals surface area contributed by atoms with E-state index in [4.69, 9.17) is 0 Å². The van der Waals surface area contributed by atoms with Gasteiger partial charge in [-0.25, -0.2) is 0 Å². The third-order valence-electron chi connectivity index (χ3n) is 6.30. The van der Waals surface area contributed by atoms with Gasteiger partial charge in [-0.05, 0) is 48.5 Å². The Balaban J connectivity index is -0.0000000774. The summed E-state index contributed by atoms with van der Waals surface area (Å²) in [5, 5.41) is 0. The van der Waals surface area contributed by atoms with Crippen LogP contribution in [0.1, 0.15) is 180 Å². The van der Waals surface area contributed by atoms with Crippen LogP contribution in [-0.2, 0) is 86.1 Å². The molecule has 0 aromatic rings. The first-order valence-electron chi connectivity index (χ1n) is 20.3. The molecule has 0 bridgehead atoms. The number of carbonyl (C=O) groups is 15. The van der Waals surface area contributed by atoms with Crippen molar-refractivity contribution in [1.82, 2.24) is 0 Å². The summed E-state index contributed by atoms with van der Waals surface area (Å²) in [5.41, 5.74) is 0. The topological polar surface area (TPSA) is 284 Å². The zero-order valence-electron chi connectivity index (χ0n) is 40.3. The predicted molar refractivity (Wildman–Crippen MR) is 242 cm³/mol. The molecule has 18 nitrogen and oxygen atoms in total. The van der Waals surface area contributed by atoms with Gasteiger partial charge in [-0.1, -0.05) is 42.0 Å². The van der Waals surface area contributed by atoms with E-state index < -0.39 is 0 Å². The number of hydrogen-bond acceptors (Lipinski definition) is 18. The maximum Gasteiger partial charge on any atom is 0.305 e. The highest BCUT2D eigenvalue weighted by molar-refractivity contribution is 6.24. The number of ether oxygens (including phenoxy) is 3. The number of ketones is 11. The summed E-state index contributed by atoms with van der Waals surface area (Å²) in [6.45, 7) is 19.1. The Morgan fingerprint density at radius 2 is 0.719 bits per heavy atom. The highest BCUT2D eigenvalue weighted by atomic mass is 16.5. The SMILES string of the molecule is C.CC(=O)CCC(C)=O.CCC(=O)C=O.CCC(=O)CC=O.CCC(=O)CCC(C)=O.CCC(=O)CCC(C)=O.CCC(=O)OCC(C)=O.COC(=O)CCC(C)=O.COCC(C)=O. The zero-order chi connectivity index (χ0) is 51.4. The largest absolute Gasteiger partial charge is 0.469 e. The minimum Gasteiger partial charge on any atom is -0.469 e. The van der Waals surface area contributed by atoms with Gasteiger partial charge in [-0.3, -0.25) is 43.2 Å². The lowest BCUT2D eigenvalue weighted by molar-refractivity contribution is -0.147. The summed E-state index contributed by atoms with van der Waals surface area (Å²) in [4.78, 5) is 152. The molecule has 0 spiro atoms. The number of carbonyl (C=O) groups excluding carboxylic acids is 15. The number of hydrogen-bond donors (Lipinski definition) is 0. The number of aldehydes is 2. The van der Waals surface area contributed by atoms with Crippen molar-refractivity contribution in [2.75, 3.05) is 27.4 Å². The molecule has 0 aromatic heterocycles. The normalized spacial score (nSPS) is 8.47. The Morgan fingerprint density at radius 1 is 0.391 bits per heavy atom. The molecule has 0 fully saturated rings. The van der Waals surface area contributed by atoms with Crippen LogP contribution < -0.4 is 0 Å². The van der Waals surface area contributed by atoms with Gasteiger partial charge >= 0.3 is 11.9 Å². The van der Waals surface area contributed by atoms with Gasteiger partial charge in [-0.15, -0.1) is 0 Å². The van der Waals surface area contributed by atoms with E-state index >= 15 is 0 Å². The first-order valence-corrected chi connectivity index (χ1v) is 20.3. The van der Waals surface area contributed by atoms with Crippen molar-refractivity contribution >= 4 is 88.1 Å². The van der Waals surface area contributed by atoms with Gasteiger partial charge in [-0.2, -0.15) is 0 Å². The van der Waals surface area contributed by atoms with E-state index in [1.165, 1.54) is 62.7 Å². The second kappa shape index (κ2) is 61.9. The van der Waals surface area contributed by atoms with Crippen molar-refractivity contribution in [3.8, 4) is 0 Å². The summed E-state index contributed by atoms with van der Waals surface area (Å²) in [5.74, 6) is -0.334. The van der Waals surface area contributed by atoms with Crippen LogP contribution in [0.4, 0.5) is 0 Å². The van der Waals surface area contributed by atoms with Gasteiger partial charge in [0.25, 0.3) is 0 Å². The van der Waals surface area contributed by atoms with Crippen LogP contribution in [0.15, 0.2) is 0 Å². The highest BCUT2D eigenvalue weighted by Gasteiger charge is 2.02. The quantitative estimate of drug-likeness (QED) is 0.0447. The summed E-state index contributed by atoms with van der Waals surface area (Å²) in [7, 11) is 2.81. The van der Waals surface area contributed by atoms with Gasteiger partial charge in [0.15, 0.2) is 23.6 Å². The van der Waals surface area contributed by atoms with Crippen molar-refractivity contribution < 1.29 is 86.1 Å².